The molecule has 28 heavy (non-hydrogen) atoms. The molecule has 0 N–H and O–H groups in total. The largest absolute Gasteiger partial charge is 0.444 e. The number of likely N-dealkylation sites (N-methyl/N-ethyl adjacent to an activating group) is 1. The molecule has 0 unspecified atom stereocenters. The molecular weight excluding hydrogens is 474 g/mol. The summed E-state index contributed by atoms with van der Waals surface area (Å²) in [6.07, 6.45) is 0.359. The molecule has 3 rings (SSSR count). The number of ether oxygens (including phenoxy) is 1. The number of benzene rings is 1. The van der Waals surface area contributed by atoms with Crippen molar-refractivity contribution in [2.24, 2.45) is 0 Å². The minimum absolute atomic E-state index is 0.0350. The van der Waals surface area contributed by atoms with E-state index < -0.39 is 11.4 Å². The summed E-state index contributed by atoms with van der Waals surface area (Å²) in [5, 5.41) is 0.602. The highest BCUT2D eigenvalue weighted by molar-refractivity contribution is 9.10. The number of hydrogen-bond acceptors (Lipinski definition) is 5. The van der Waals surface area contributed by atoms with Crippen molar-refractivity contribution in [2.45, 2.75) is 38.8 Å². The highest BCUT2D eigenvalue weighted by Gasteiger charge is 2.33. The molecule has 6 nitrogen and oxygen atoms in total. The summed E-state index contributed by atoms with van der Waals surface area (Å²) < 4.78 is 20.2. The highest BCUT2D eigenvalue weighted by Crippen LogP contribution is 2.36. The van der Waals surface area contributed by atoms with Crippen molar-refractivity contribution in [2.75, 3.05) is 25.0 Å². The lowest BCUT2D eigenvalue weighted by Crippen LogP contribution is -2.39. The van der Waals surface area contributed by atoms with E-state index >= 15 is 0 Å². The Labute approximate surface area is 181 Å². The molecule has 152 valence electrons. The van der Waals surface area contributed by atoms with Crippen LogP contribution in [0.5, 0.6) is 0 Å². The summed E-state index contributed by atoms with van der Waals surface area (Å²) in [5.74, 6) is -0.136. The molecule has 2 heterocycles. The van der Waals surface area contributed by atoms with Gasteiger partial charge in [-0.25, -0.2) is 14.2 Å². The fourth-order valence-corrected chi connectivity index (χ4v) is 3.78. The van der Waals surface area contributed by atoms with Gasteiger partial charge in [0.05, 0.1) is 9.50 Å². The average molecular weight is 494 g/mol. The zero-order valence-electron chi connectivity index (χ0n) is 15.9. The number of halogens is 4. The fourth-order valence-electron chi connectivity index (χ4n) is 3.12. The van der Waals surface area contributed by atoms with Gasteiger partial charge in [-0.2, -0.15) is 4.98 Å². The second-order valence-corrected chi connectivity index (χ2v) is 9.22. The average Bonchev–Trinajstić information content (AvgIpc) is 3.08. The quantitative estimate of drug-likeness (QED) is 0.420. The summed E-state index contributed by atoms with van der Waals surface area (Å²) in [5.41, 5.74) is -0.473. The third kappa shape index (κ3) is 4.28. The molecule has 1 aromatic heterocycles. The van der Waals surface area contributed by atoms with Crippen LogP contribution < -0.4 is 4.90 Å². The van der Waals surface area contributed by atoms with E-state index in [1.54, 1.807) is 11.0 Å². The van der Waals surface area contributed by atoms with Crippen LogP contribution in [-0.4, -0.2) is 52.7 Å². The first kappa shape index (κ1) is 21.3. The molecule has 1 aromatic carbocycles. The Morgan fingerprint density at radius 3 is 2.71 bits per heavy atom. The van der Waals surface area contributed by atoms with Gasteiger partial charge in [0.1, 0.15) is 16.9 Å². The van der Waals surface area contributed by atoms with Gasteiger partial charge in [-0.05, 0) is 60.8 Å². The van der Waals surface area contributed by atoms with E-state index in [0.29, 0.717) is 30.7 Å². The lowest BCUT2D eigenvalue weighted by Gasteiger charge is -2.28. The second-order valence-electron chi connectivity index (χ2n) is 7.68. The Kier molecular flexibility index (Phi) is 5.94. The number of nitrogens with zero attached hydrogens (tertiary/aromatic N) is 4. The molecule has 0 bridgehead atoms. The highest BCUT2D eigenvalue weighted by atomic mass is 79.9. The van der Waals surface area contributed by atoms with Gasteiger partial charge in [0, 0.05) is 31.6 Å². The van der Waals surface area contributed by atoms with Gasteiger partial charge in [0.2, 0.25) is 5.28 Å². The predicted octanol–water partition coefficient (Wildman–Crippen LogP) is 5.28. The molecular formula is C18H20BrCl2FN4O2. The van der Waals surface area contributed by atoms with Gasteiger partial charge < -0.3 is 14.5 Å². The van der Waals surface area contributed by atoms with Crippen molar-refractivity contribution < 1.29 is 13.9 Å². The van der Waals surface area contributed by atoms with E-state index in [1.165, 1.54) is 0 Å². The molecule has 1 atom stereocenters. The summed E-state index contributed by atoms with van der Waals surface area (Å²) in [7, 11) is 1.83. The topological polar surface area (TPSA) is 58.6 Å². The molecule has 0 spiro atoms. The number of carbonyl (C=O) groups is 1. The smallest absolute Gasteiger partial charge is 0.410 e. The molecule has 0 aliphatic carbocycles. The molecule has 1 amide bonds. The van der Waals surface area contributed by atoms with Crippen molar-refractivity contribution in [1.82, 2.24) is 14.9 Å². The first-order valence-electron chi connectivity index (χ1n) is 8.69. The third-order valence-electron chi connectivity index (χ3n) is 4.48. The zero-order chi connectivity index (χ0) is 20.8. The Morgan fingerprint density at radius 1 is 1.39 bits per heavy atom. The number of rotatable bonds is 2. The summed E-state index contributed by atoms with van der Waals surface area (Å²) in [6.45, 7) is 6.50. The Morgan fingerprint density at radius 2 is 2.07 bits per heavy atom. The van der Waals surface area contributed by atoms with Crippen LogP contribution in [0, 0.1) is 5.82 Å². The minimum atomic E-state index is -0.594. The van der Waals surface area contributed by atoms with Crippen molar-refractivity contribution >= 4 is 61.9 Å². The van der Waals surface area contributed by atoms with Crippen molar-refractivity contribution in [3.8, 4) is 0 Å². The standard InChI is InChI=1S/C18H20BrCl2FN4O2/c1-18(2,3)28-17(27)26-6-5-9(8-26)25(4)15-10-7-11(20)12(19)13(22)14(10)23-16(21)24-15/h7,9H,5-6,8H2,1-4H3/t9-/m1/s1. The molecule has 0 saturated carbocycles. The molecule has 1 saturated heterocycles. The Balaban J connectivity index is 1.90. The van der Waals surface area contributed by atoms with E-state index in [0.717, 1.165) is 0 Å². The monoisotopic (exact) mass is 492 g/mol. The van der Waals surface area contributed by atoms with Gasteiger partial charge >= 0.3 is 6.09 Å². The molecule has 10 heteroatoms. The maximum atomic E-state index is 14.6. The maximum Gasteiger partial charge on any atom is 0.410 e. The van der Waals surface area contributed by atoms with E-state index in [2.05, 4.69) is 25.9 Å². The fraction of sp³-hybridized carbons (Fsp3) is 0.500. The van der Waals surface area contributed by atoms with Crippen LogP contribution >= 0.6 is 39.1 Å². The molecule has 1 fully saturated rings. The molecule has 1 aliphatic rings. The maximum absolute atomic E-state index is 14.6. The van der Waals surface area contributed by atoms with Crippen LogP contribution in [0.25, 0.3) is 10.9 Å². The lowest BCUT2D eigenvalue weighted by molar-refractivity contribution is 0.0292. The van der Waals surface area contributed by atoms with Gasteiger partial charge in [0.25, 0.3) is 0 Å². The number of fused-ring (bicyclic) bond motifs is 1. The summed E-state index contributed by atoms with van der Waals surface area (Å²) in [6, 6.07) is 1.57. The van der Waals surface area contributed by atoms with E-state index in [1.807, 2.05) is 32.7 Å². The normalized spacial score (nSPS) is 17.3. The lowest BCUT2D eigenvalue weighted by atomic mass is 10.2. The van der Waals surface area contributed by atoms with Crippen LogP contribution in [0.4, 0.5) is 15.0 Å². The molecule has 0 radical (unpaired) electrons. The Bertz CT molecular complexity index is 938. The number of hydrogen-bond donors (Lipinski definition) is 0. The Hall–Kier alpha value is -1.38. The number of anilines is 1. The number of carbonyl (C=O) groups excluding carboxylic acids is 1. The molecule has 1 aliphatic heterocycles. The first-order chi connectivity index (χ1) is 13.0. The number of amides is 1. The first-order valence-corrected chi connectivity index (χ1v) is 10.2. The van der Waals surface area contributed by atoms with Crippen molar-refractivity contribution in [3.63, 3.8) is 0 Å². The van der Waals surface area contributed by atoms with Gasteiger partial charge in [-0.1, -0.05) is 11.6 Å². The van der Waals surface area contributed by atoms with Crippen LogP contribution in [0.2, 0.25) is 10.3 Å². The SMILES string of the molecule is CN(c1nc(Cl)nc2c(F)c(Br)c(Cl)cc12)[C@@H]1CCN(C(=O)OC(C)(C)C)C1. The van der Waals surface area contributed by atoms with Crippen LogP contribution in [0.1, 0.15) is 27.2 Å². The minimum Gasteiger partial charge on any atom is -0.444 e. The predicted molar refractivity (Wildman–Crippen MR) is 112 cm³/mol. The molecule has 2 aromatic rings. The third-order valence-corrected chi connectivity index (χ3v) is 5.95. The van der Waals surface area contributed by atoms with Crippen LogP contribution in [-0.2, 0) is 4.74 Å². The van der Waals surface area contributed by atoms with Crippen molar-refractivity contribution in [1.29, 1.82) is 0 Å². The van der Waals surface area contributed by atoms with Gasteiger partial charge in [-0.15, -0.1) is 0 Å². The van der Waals surface area contributed by atoms with E-state index in [-0.39, 0.29) is 32.4 Å². The van der Waals surface area contributed by atoms with Crippen LogP contribution in [0.15, 0.2) is 10.5 Å². The zero-order valence-corrected chi connectivity index (χ0v) is 19.0. The van der Waals surface area contributed by atoms with Crippen molar-refractivity contribution in [3.05, 3.63) is 26.7 Å². The number of likely N-dealkylation sites (tertiary alicyclic amines) is 1. The summed E-state index contributed by atoms with van der Waals surface area (Å²) in [4.78, 5) is 24.2. The second kappa shape index (κ2) is 7.80. The van der Waals surface area contributed by atoms with Gasteiger partial charge in [0.15, 0.2) is 5.82 Å². The van der Waals surface area contributed by atoms with E-state index in [4.69, 9.17) is 27.9 Å². The number of aromatic nitrogens is 2. The van der Waals surface area contributed by atoms with E-state index in [9.17, 15) is 9.18 Å². The van der Waals surface area contributed by atoms with Crippen LogP contribution in [0.3, 0.4) is 0 Å². The van der Waals surface area contributed by atoms with Gasteiger partial charge in [-0.3, -0.25) is 0 Å². The summed E-state index contributed by atoms with van der Waals surface area (Å²) >= 11 is 15.3.